The Balaban J connectivity index is 1.17. The Morgan fingerprint density at radius 3 is 1.45 bits per heavy atom. The van der Waals surface area contributed by atoms with E-state index in [0.717, 1.165) is 44.2 Å². The molecule has 0 spiro atoms. The highest BCUT2D eigenvalue weighted by Gasteiger charge is 2.21. The van der Waals surface area contributed by atoms with Crippen molar-refractivity contribution in [3.8, 4) is 29.2 Å². The number of benzene rings is 4. The van der Waals surface area contributed by atoms with Crippen LogP contribution in [0.15, 0.2) is 146 Å². The van der Waals surface area contributed by atoms with Gasteiger partial charge >= 0.3 is 0 Å². The Hall–Kier alpha value is -6.28. The molecule has 0 saturated heterocycles. The molecule has 0 aliphatic carbocycles. The van der Waals surface area contributed by atoms with Crippen LogP contribution in [-0.4, -0.2) is 42.9 Å². The zero-order valence-electron chi connectivity index (χ0n) is 27.0. The average molecular weight is 636 g/mol. The number of aromatic nitrogens is 6. The number of hydrogen-bond acceptors (Lipinski definition) is 7. The first kappa shape index (κ1) is 30.1. The summed E-state index contributed by atoms with van der Waals surface area (Å²) >= 11 is 0. The van der Waals surface area contributed by atoms with Crippen molar-refractivity contribution >= 4 is 57.1 Å². The van der Waals surface area contributed by atoms with Crippen molar-refractivity contribution in [2.24, 2.45) is 0 Å². The van der Waals surface area contributed by atoms with Crippen LogP contribution in [0.3, 0.4) is 0 Å². The lowest BCUT2D eigenvalue weighted by Gasteiger charge is -2.13. The maximum absolute atomic E-state index is 6.04. The van der Waals surface area contributed by atoms with E-state index in [4.69, 9.17) is 9.47 Å². The van der Waals surface area contributed by atoms with Crippen LogP contribution in [0.5, 0.6) is 23.3 Å². The molecule has 0 radical (unpaired) electrons. The Morgan fingerprint density at radius 1 is 0.490 bits per heavy atom. The van der Waals surface area contributed by atoms with E-state index >= 15 is 0 Å². The molecule has 8 rings (SSSR count). The first-order chi connectivity index (χ1) is 24.1. The van der Waals surface area contributed by atoms with Gasteiger partial charge in [-0.05, 0) is 48.5 Å². The summed E-state index contributed by atoms with van der Waals surface area (Å²) < 4.78 is 14.2. The summed E-state index contributed by atoms with van der Waals surface area (Å²) in [5, 5.41) is 2.26. The van der Waals surface area contributed by atoms with Crippen molar-refractivity contribution in [3.63, 3.8) is 0 Å². The van der Waals surface area contributed by atoms with Crippen LogP contribution in [0.2, 0.25) is 13.6 Å². The predicted molar refractivity (Wildman–Crippen MR) is 197 cm³/mol. The number of hydrogen-bond donors (Lipinski definition) is 0. The number of ether oxygens (including phenoxy) is 2. The van der Waals surface area contributed by atoms with Gasteiger partial charge in [0, 0.05) is 35.3 Å². The van der Waals surface area contributed by atoms with Crippen molar-refractivity contribution in [3.05, 3.63) is 146 Å². The molecular formula is C39H30B2N6O2. The predicted octanol–water partition coefficient (Wildman–Crippen LogP) is 5.82. The molecule has 0 fully saturated rings. The molecule has 0 aliphatic rings. The Kier molecular flexibility index (Phi) is 8.03. The van der Waals surface area contributed by atoms with Gasteiger partial charge in [0.1, 0.15) is 24.2 Å². The lowest BCUT2D eigenvalue weighted by atomic mass is 9.42. The topological polar surface area (TPSA) is 87.8 Å². The summed E-state index contributed by atoms with van der Waals surface area (Å²) in [5.41, 5.74) is 6.67. The third-order valence-corrected chi connectivity index (χ3v) is 8.93. The summed E-state index contributed by atoms with van der Waals surface area (Å²) in [6.45, 7) is 4.61. The molecule has 0 N–H and O–H groups in total. The fourth-order valence-corrected chi connectivity index (χ4v) is 6.29. The van der Waals surface area contributed by atoms with Gasteiger partial charge in [-0.25, -0.2) is 24.9 Å². The molecule has 0 atom stereocenters. The van der Waals surface area contributed by atoms with E-state index < -0.39 is 0 Å². The molecule has 4 aromatic carbocycles. The summed E-state index contributed by atoms with van der Waals surface area (Å²) in [4.78, 5) is 21.9. The van der Waals surface area contributed by atoms with Gasteiger partial charge in [-0.2, -0.15) is 0 Å². The van der Waals surface area contributed by atoms with Crippen LogP contribution in [0.4, 0.5) is 0 Å². The third kappa shape index (κ3) is 6.12. The summed E-state index contributed by atoms with van der Waals surface area (Å²) in [7, 11) is 0. The van der Waals surface area contributed by atoms with Crippen LogP contribution in [0, 0.1) is 0 Å². The van der Waals surface area contributed by atoms with Crippen LogP contribution < -0.4 is 31.3 Å². The molecule has 4 aromatic heterocycles. The zero-order valence-corrected chi connectivity index (χ0v) is 27.0. The van der Waals surface area contributed by atoms with Gasteiger partial charge in [0.2, 0.25) is 31.1 Å². The minimum absolute atomic E-state index is 0.0951. The lowest BCUT2D eigenvalue weighted by Crippen LogP contribution is -2.39. The van der Waals surface area contributed by atoms with Crippen molar-refractivity contribution in [1.29, 1.82) is 0 Å². The second kappa shape index (κ2) is 13.1. The highest BCUT2D eigenvalue weighted by Crippen LogP contribution is 2.30. The van der Waals surface area contributed by atoms with Crippen molar-refractivity contribution in [2.45, 2.75) is 13.6 Å². The number of pyridine rings is 2. The Morgan fingerprint density at radius 2 is 0.980 bits per heavy atom. The number of fused-ring (bicyclic) bond motifs is 3. The molecule has 0 bridgehead atoms. The zero-order chi connectivity index (χ0) is 33.2. The van der Waals surface area contributed by atoms with Gasteiger partial charge < -0.3 is 9.47 Å². The van der Waals surface area contributed by atoms with Crippen LogP contribution in [-0.2, 0) is 0 Å². The monoisotopic (exact) mass is 636 g/mol. The first-order valence-corrected chi connectivity index (χ1v) is 16.2. The van der Waals surface area contributed by atoms with Gasteiger partial charge in [-0.3, -0.25) is 4.57 Å². The van der Waals surface area contributed by atoms with E-state index in [2.05, 4.69) is 104 Å². The maximum atomic E-state index is 6.04. The van der Waals surface area contributed by atoms with E-state index in [9.17, 15) is 0 Å². The molecule has 234 valence electrons. The SMILES string of the molecule is CB(c1cccc(Oc2ccccn2)c1)c1ccc2c3ccc(B(C)c4cccc(Oc5ccccn5)c4)cc3n(-c3ncncn3)c2c1. The molecule has 49 heavy (non-hydrogen) atoms. The smallest absolute Gasteiger partial charge is 0.237 e. The normalized spacial score (nSPS) is 11.1. The van der Waals surface area contributed by atoms with Crippen LogP contribution >= 0.6 is 0 Å². The van der Waals surface area contributed by atoms with Crippen molar-refractivity contribution in [2.75, 3.05) is 0 Å². The van der Waals surface area contributed by atoms with Gasteiger partial charge in [0.15, 0.2) is 0 Å². The molecule has 0 aliphatic heterocycles. The molecular weight excluding hydrogens is 606 g/mol. The number of rotatable bonds is 9. The first-order valence-electron chi connectivity index (χ1n) is 16.2. The third-order valence-electron chi connectivity index (χ3n) is 8.93. The van der Waals surface area contributed by atoms with Gasteiger partial charge in [0.05, 0.1) is 11.0 Å². The average Bonchev–Trinajstić information content (AvgIpc) is 3.48. The quantitative estimate of drug-likeness (QED) is 0.185. The number of nitrogens with zero attached hydrogens (tertiary/aromatic N) is 6. The Bertz CT molecular complexity index is 2240. The largest absolute Gasteiger partial charge is 0.439 e. The van der Waals surface area contributed by atoms with E-state index in [-0.39, 0.29) is 13.4 Å². The molecule has 10 heteroatoms. The molecule has 0 unspecified atom stereocenters. The highest BCUT2D eigenvalue weighted by molar-refractivity contribution is 6.84. The molecule has 8 nitrogen and oxygen atoms in total. The molecule has 8 aromatic rings. The van der Waals surface area contributed by atoms with Crippen molar-refractivity contribution in [1.82, 2.24) is 29.5 Å². The summed E-state index contributed by atoms with van der Waals surface area (Å²) in [6.07, 6.45) is 6.53. The lowest BCUT2D eigenvalue weighted by molar-refractivity contribution is 0.463. The van der Waals surface area contributed by atoms with E-state index in [1.165, 1.54) is 10.9 Å². The molecule has 0 amide bonds. The minimum Gasteiger partial charge on any atom is -0.439 e. The molecule has 0 saturated carbocycles. The maximum Gasteiger partial charge on any atom is 0.237 e. The summed E-state index contributed by atoms with van der Waals surface area (Å²) in [5.74, 6) is 3.20. The molecule has 4 heterocycles. The fraction of sp³-hybridized carbons (Fsp3) is 0.0513. The highest BCUT2D eigenvalue weighted by atomic mass is 16.5. The van der Waals surface area contributed by atoms with E-state index in [0.29, 0.717) is 17.7 Å². The van der Waals surface area contributed by atoms with Crippen molar-refractivity contribution < 1.29 is 9.47 Å². The minimum atomic E-state index is 0.0951. The Labute approximate surface area is 284 Å². The van der Waals surface area contributed by atoms with Crippen LogP contribution in [0.25, 0.3) is 27.8 Å². The fourth-order valence-electron chi connectivity index (χ4n) is 6.29. The van der Waals surface area contributed by atoms with Gasteiger partial charge in [-0.15, -0.1) is 0 Å². The van der Waals surface area contributed by atoms with Gasteiger partial charge in [-0.1, -0.05) is 96.2 Å². The van der Waals surface area contributed by atoms with Crippen LogP contribution in [0.1, 0.15) is 0 Å². The standard InChI is InChI=1S/C39H30B2N6O2/c1-40(27-9-7-11-31(21-27)48-37-13-3-5-19-43-37)29-15-17-33-34-18-16-30(24-36(34)47(35(33)23-29)39-45-25-42-26-46-39)41(2)28-10-8-12-32(22-28)49-38-14-4-6-20-44-38/h3-26H,1-2H3. The second-order valence-corrected chi connectivity index (χ2v) is 12.0. The van der Waals surface area contributed by atoms with E-state index in [1.807, 2.05) is 60.7 Å². The van der Waals surface area contributed by atoms with E-state index in [1.54, 1.807) is 25.0 Å². The van der Waals surface area contributed by atoms with Gasteiger partial charge in [0.25, 0.3) is 0 Å². The second-order valence-electron chi connectivity index (χ2n) is 12.0. The summed E-state index contributed by atoms with van der Waals surface area (Å²) in [6, 6.07) is 41.0.